The molecule has 0 heterocycles. The van der Waals surface area contributed by atoms with Gasteiger partial charge >= 0.3 is 0 Å². The highest BCUT2D eigenvalue weighted by Gasteiger charge is 2.12. The molecule has 0 saturated carbocycles. The standard InChI is InChI=1S/C22H22N2O5/c1-26-19-11-15(12-20(27-2)22(19)28-3)13-23-24-21(25)14-29-18-10-6-8-16-7-4-5-9-17(16)18/h4-13H,14H2,1-3H3,(H,24,25)/b23-13+. The van der Waals surface area contributed by atoms with Crippen LogP contribution in [0.25, 0.3) is 10.8 Å². The van der Waals surface area contributed by atoms with Crippen LogP contribution in [0.3, 0.4) is 0 Å². The number of methoxy groups -OCH3 is 3. The summed E-state index contributed by atoms with van der Waals surface area (Å²) < 4.78 is 21.5. The number of benzene rings is 3. The van der Waals surface area contributed by atoms with Crippen molar-refractivity contribution in [2.75, 3.05) is 27.9 Å². The van der Waals surface area contributed by atoms with Crippen molar-refractivity contribution in [2.24, 2.45) is 5.10 Å². The second-order valence-corrected chi connectivity index (χ2v) is 6.02. The zero-order chi connectivity index (χ0) is 20.6. The van der Waals surface area contributed by atoms with Crippen LogP contribution in [-0.2, 0) is 4.79 Å². The summed E-state index contributed by atoms with van der Waals surface area (Å²) in [6, 6.07) is 17.0. The van der Waals surface area contributed by atoms with Crippen LogP contribution in [0.15, 0.2) is 59.7 Å². The number of amides is 1. The van der Waals surface area contributed by atoms with E-state index in [4.69, 9.17) is 18.9 Å². The van der Waals surface area contributed by atoms with E-state index in [1.807, 2.05) is 42.5 Å². The largest absolute Gasteiger partial charge is 0.493 e. The van der Waals surface area contributed by atoms with E-state index >= 15 is 0 Å². The minimum absolute atomic E-state index is 0.152. The second kappa shape index (κ2) is 9.45. The third kappa shape index (κ3) is 4.76. The summed E-state index contributed by atoms with van der Waals surface area (Å²) in [6.45, 7) is -0.152. The van der Waals surface area contributed by atoms with Crippen LogP contribution >= 0.6 is 0 Å². The Kier molecular flexibility index (Phi) is 6.52. The van der Waals surface area contributed by atoms with Crippen LogP contribution in [0.5, 0.6) is 23.0 Å². The highest BCUT2D eigenvalue weighted by Crippen LogP contribution is 2.37. The third-order valence-electron chi connectivity index (χ3n) is 4.20. The van der Waals surface area contributed by atoms with Gasteiger partial charge in [0.1, 0.15) is 5.75 Å². The minimum Gasteiger partial charge on any atom is -0.493 e. The predicted molar refractivity (Wildman–Crippen MR) is 111 cm³/mol. The highest BCUT2D eigenvalue weighted by molar-refractivity contribution is 5.89. The molecule has 3 aromatic rings. The summed E-state index contributed by atoms with van der Waals surface area (Å²) in [6.07, 6.45) is 1.49. The zero-order valence-corrected chi connectivity index (χ0v) is 16.5. The van der Waals surface area contributed by atoms with Gasteiger partial charge < -0.3 is 18.9 Å². The zero-order valence-electron chi connectivity index (χ0n) is 16.5. The molecule has 1 N–H and O–H groups in total. The summed E-state index contributed by atoms with van der Waals surface area (Å²) in [5.41, 5.74) is 3.12. The molecule has 0 aliphatic rings. The van der Waals surface area contributed by atoms with E-state index < -0.39 is 0 Å². The first kappa shape index (κ1) is 20.0. The Morgan fingerprint density at radius 1 is 0.931 bits per heavy atom. The molecule has 29 heavy (non-hydrogen) atoms. The van der Waals surface area contributed by atoms with Crippen molar-refractivity contribution in [3.8, 4) is 23.0 Å². The molecular weight excluding hydrogens is 372 g/mol. The van der Waals surface area contributed by atoms with Gasteiger partial charge in [-0.15, -0.1) is 0 Å². The second-order valence-electron chi connectivity index (χ2n) is 6.02. The monoisotopic (exact) mass is 394 g/mol. The number of hydrogen-bond acceptors (Lipinski definition) is 6. The fraction of sp³-hybridized carbons (Fsp3) is 0.182. The first-order chi connectivity index (χ1) is 14.2. The van der Waals surface area contributed by atoms with E-state index in [1.165, 1.54) is 27.5 Å². The maximum absolute atomic E-state index is 12.1. The lowest BCUT2D eigenvalue weighted by molar-refractivity contribution is -0.123. The normalized spacial score (nSPS) is 10.7. The van der Waals surface area contributed by atoms with Crippen molar-refractivity contribution in [2.45, 2.75) is 0 Å². The van der Waals surface area contributed by atoms with Crippen LogP contribution in [0.1, 0.15) is 5.56 Å². The molecule has 150 valence electrons. The molecule has 0 aliphatic heterocycles. The summed E-state index contributed by atoms with van der Waals surface area (Å²) in [5.74, 6) is 1.76. The SMILES string of the molecule is COc1cc(/C=N/NC(=O)COc2cccc3ccccc23)cc(OC)c1OC. The molecule has 0 atom stereocenters. The number of nitrogens with zero attached hydrogens (tertiary/aromatic N) is 1. The molecule has 0 radical (unpaired) electrons. The van der Waals surface area contributed by atoms with Gasteiger partial charge in [-0.2, -0.15) is 5.10 Å². The molecular formula is C22H22N2O5. The summed E-state index contributed by atoms with van der Waals surface area (Å²) in [7, 11) is 4.60. The first-order valence-electron chi connectivity index (χ1n) is 8.88. The van der Waals surface area contributed by atoms with Gasteiger partial charge in [-0.05, 0) is 23.6 Å². The number of ether oxygens (including phenoxy) is 4. The van der Waals surface area contributed by atoms with Crippen LogP contribution in [-0.4, -0.2) is 40.1 Å². The Morgan fingerprint density at radius 2 is 1.62 bits per heavy atom. The molecule has 0 aliphatic carbocycles. The van der Waals surface area contributed by atoms with E-state index in [0.717, 1.165) is 10.8 Å². The van der Waals surface area contributed by atoms with Gasteiger partial charge in [0.15, 0.2) is 18.1 Å². The topological polar surface area (TPSA) is 78.4 Å². The number of hydrogen-bond donors (Lipinski definition) is 1. The van der Waals surface area contributed by atoms with E-state index in [-0.39, 0.29) is 12.5 Å². The third-order valence-corrected chi connectivity index (χ3v) is 4.20. The van der Waals surface area contributed by atoms with Crippen molar-refractivity contribution in [3.05, 3.63) is 60.2 Å². The van der Waals surface area contributed by atoms with Gasteiger partial charge in [-0.25, -0.2) is 5.43 Å². The predicted octanol–water partition coefficient (Wildman–Crippen LogP) is 3.39. The molecule has 0 unspecified atom stereocenters. The van der Waals surface area contributed by atoms with E-state index in [9.17, 15) is 4.79 Å². The molecule has 0 saturated heterocycles. The van der Waals surface area contributed by atoms with Crippen molar-refractivity contribution in [1.82, 2.24) is 5.43 Å². The molecule has 7 heteroatoms. The van der Waals surface area contributed by atoms with Gasteiger partial charge in [0.05, 0.1) is 27.5 Å². The average Bonchev–Trinajstić information content (AvgIpc) is 2.76. The molecule has 0 spiro atoms. The van der Waals surface area contributed by atoms with E-state index in [2.05, 4.69) is 10.5 Å². The highest BCUT2D eigenvalue weighted by atomic mass is 16.5. The Bertz CT molecular complexity index is 1000. The van der Waals surface area contributed by atoms with Gasteiger partial charge in [-0.1, -0.05) is 36.4 Å². The number of nitrogens with one attached hydrogen (secondary N) is 1. The van der Waals surface area contributed by atoms with Gasteiger partial charge in [0, 0.05) is 10.9 Å². The molecule has 1 amide bonds. The molecule has 0 aromatic heterocycles. The molecule has 3 aromatic carbocycles. The number of fused-ring (bicyclic) bond motifs is 1. The molecule has 0 fully saturated rings. The number of carbonyl (C=O) groups excluding carboxylic acids is 1. The maximum atomic E-state index is 12.1. The lowest BCUT2D eigenvalue weighted by Crippen LogP contribution is -2.24. The Labute approximate surface area is 168 Å². The van der Waals surface area contributed by atoms with E-state index in [0.29, 0.717) is 28.6 Å². The van der Waals surface area contributed by atoms with Crippen molar-refractivity contribution >= 4 is 22.9 Å². The fourth-order valence-corrected chi connectivity index (χ4v) is 2.85. The average molecular weight is 394 g/mol. The van der Waals surface area contributed by atoms with Gasteiger partial charge in [-0.3, -0.25) is 4.79 Å². The van der Waals surface area contributed by atoms with Gasteiger partial charge in [0.25, 0.3) is 5.91 Å². The minimum atomic E-state index is -0.373. The number of hydrazone groups is 1. The Morgan fingerprint density at radius 3 is 2.31 bits per heavy atom. The quantitative estimate of drug-likeness (QED) is 0.468. The smallest absolute Gasteiger partial charge is 0.277 e. The molecule has 3 rings (SSSR count). The maximum Gasteiger partial charge on any atom is 0.277 e. The van der Waals surface area contributed by atoms with Crippen LogP contribution in [0.2, 0.25) is 0 Å². The summed E-state index contributed by atoms with van der Waals surface area (Å²) in [4.78, 5) is 12.1. The Balaban J connectivity index is 1.62. The van der Waals surface area contributed by atoms with Crippen molar-refractivity contribution in [3.63, 3.8) is 0 Å². The van der Waals surface area contributed by atoms with Crippen molar-refractivity contribution < 1.29 is 23.7 Å². The summed E-state index contributed by atoms with van der Waals surface area (Å²) >= 11 is 0. The molecule has 7 nitrogen and oxygen atoms in total. The van der Waals surface area contributed by atoms with Crippen molar-refractivity contribution in [1.29, 1.82) is 0 Å². The first-order valence-corrected chi connectivity index (χ1v) is 8.88. The lowest BCUT2D eigenvalue weighted by Gasteiger charge is -2.12. The lowest BCUT2D eigenvalue weighted by atomic mass is 10.1. The van der Waals surface area contributed by atoms with Crippen LogP contribution in [0.4, 0.5) is 0 Å². The Hall–Kier alpha value is -3.74. The van der Waals surface area contributed by atoms with Crippen LogP contribution in [0, 0.1) is 0 Å². The summed E-state index contributed by atoms with van der Waals surface area (Å²) in [5, 5.41) is 5.96. The van der Waals surface area contributed by atoms with E-state index in [1.54, 1.807) is 12.1 Å². The van der Waals surface area contributed by atoms with Gasteiger partial charge in [0.2, 0.25) is 5.75 Å². The number of rotatable bonds is 8. The molecule has 0 bridgehead atoms. The van der Waals surface area contributed by atoms with Crippen LogP contribution < -0.4 is 24.4 Å². The number of carbonyl (C=O) groups is 1. The fourth-order valence-electron chi connectivity index (χ4n) is 2.85.